The maximum atomic E-state index is 10.3. The summed E-state index contributed by atoms with van der Waals surface area (Å²) in [6.45, 7) is 0. The zero-order chi connectivity index (χ0) is 9.97. The second kappa shape index (κ2) is 3.38. The highest BCUT2D eigenvalue weighted by atomic mass is 16.4. The number of carboxylic acids is 1. The number of fused-ring (bicyclic) bond motifs is 1. The molecule has 1 aliphatic heterocycles. The quantitative estimate of drug-likeness (QED) is 0.659. The van der Waals surface area contributed by atoms with E-state index >= 15 is 0 Å². The van der Waals surface area contributed by atoms with Crippen LogP contribution < -0.4 is 10.4 Å². The first-order chi connectivity index (χ1) is 6.75. The number of allylic oxidation sites excluding steroid dienone is 1. The van der Waals surface area contributed by atoms with Crippen LogP contribution in [0.3, 0.4) is 0 Å². The van der Waals surface area contributed by atoms with Gasteiger partial charge in [-0.05, 0) is 23.8 Å². The Morgan fingerprint density at radius 3 is 2.86 bits per heavy atom. The Labute approximate surface area is 81.4 Å². The average Bonchev–Trinajstić information content (AvgIpc) is 2.17. The molecule has 1 heterocycles. The van der Waals surface area contributed by atoms with Gasteiger partial charge in [0.15, 0.2) is 0 Å². The number of carbonyl (C=O) groups excluding carboxylic acids is 1. The van der Waals surface area contributed by atoms with Gasteiger partial charge in [0, 0.05) is 11.4 Å². The molecule has 0 fully saturated rings. The van der Waals surface area contributed by atoms with Crippen molar-refractivity contribution in [2.75, 3.05) is 5.32 Å². The fourth-order valence-electron chi connectivity index (χ4n) is 1.34. The summed E-state index contributed by atoms with van der Waals surface area (Å²) in [5, 5.41) is 13.3. The maximum absolute atomic E-state index is 10.3. The van der Waals surface area contributed by atoms with Crippen LogP contribution >= 0.6 is 0 Å². The van der Waals surface area contributed by atoms with Crippen LogP contribution in [0.5, 0.6) is 0 Å². The molecule has 0 aromatic heterocycles. The highest BCUT2D eigenvalue weighted by Gasteiger charge is 2.04. The van der Waals surface area contributed by atoms with Crippen molar-refractivity contribution in [2.45, 2.75) is 0 Å². The standard InChI is InChI=1S/C11H9NO2/c13-11(14)7-9-6-5-8-3-1-2-4-10(8)12-9/h1-7,12H,(H,13,14)/p-1/b9-7+. The van der Waals surface area contributed by atoms with Gasteiger partial charge in [0.05, 0.1) is 5.97 Å². The second-order valence-corrected chi connectivity index (χ2v) is 2.96. The van der Waals surface area contributed by atoms with Crippen LogP contribution in [0.1, 0.15) is 5.56 Å². The summed E-state index contributed by atoms with van der Waals surface area (Å²) < 4.78 is 0. The van der Waals surface area contributed by atoms with E-state index in [-0.39, 0.29) is 0 Å². The van der Waals surface area contributed by atoms with Crippen molar-refractivity contribution in [3.63, 3.8) is 0 Å². The lowest BCUT2D eigenvalue weighted by Crippen LogP contribution is -2.20. The first-order valence-corrected chi connectivity index (χ1v) is 4.22. The van der Waals surface area contributed by atoms with E-state index < -0.39 is 5.97 Å². The average molecular weight is 186 g/mol. The number of hydrogen-bond acceptors (Lipinski definition) is 3. The molecule has 0 saturated heterocycles. The first kappa shape index (κ1) is 8.56. The summed E-state index contributed by atoms with van der Waals surface area (Å²) in [5.74, 6) is -1.20. The molecule has 0 amide bonds. The largest absolute Gasteiger partial charge is 0.545 e. The van der Waals surface area contributed by atoms with Gasteiger partial charge < -0.3 is 15.2 Å². The normalized spacial score (nSPS) is 16.1. The minimum Gasteiger partial charge on any atom is -0.545 e. The monoisotopic (exact) mass is 186 g/mol. The lowest BCUT2D eigenvalue weighted by Gasteiger charge is -2.15. The number of carbonyl (C=O) groups is 1. The van der Waals surface area contributed by atoms with Crippen molar-refractivity contribution in [3.8, 4) is 0 Å². The summed E-state index contributed by atoms with van der Waals surface area (Å²) in [6.07, 6.45) is 4.60. The molecule has 0 unspecified atom stereocenters. The molecule has 1 aromatic rings. The lowest BCUT2D eigenvalue weighted by atomic mass is 10.1. The molecule has 0 aliphatic carbocycles. The smallest absolute Gasteiger partial charge is 0.0663 e. The highest BCUT2D eigenvalue weighted by Crippen LogP contribution is 2.23. The molecule has 0 spiro atoms. The third-order valence-corrected chi connectivity index (χ3v) is 1.96. The van der Waals surface area contributed by atoms with Gasteiger partial charge in [0.1, 0.15) is 0 Å². The van der Waals surface area contributed by atoms with Gasteiger partial charge >= 0.3 is 0 Å². The summed E-state index contributed by atoms with van der Waals surface area (Å²) in [7, 11) is 0. The predicted octanol–water partition coefficient (Wildman–Crippen LogP) is 0.759. The third-order valence-electron chi connectivity index (χ3n) is 1.96. The molecule has 3 nitrogen and oxygen atoms in total. The molecule has 0 saturated carbocycles. The van der Waals surface area contributed by atoms with Crippen LogP contribution in [0.25, 0.3) is 6.08 Å². The van der Waals surface area contributed by atoms with Crippen LogP contribution in [0, 0.1) is 0 Å². The van der Waals surface area contributed by atoms with Crippen LogP contribution in [0.15, 0.2) is 42.1 Å². The minimum absolute atomic E-state index is 0.531. The molecule has 1 N–H and O–H groups in total. The van der Waals surface area contributed by atoms with E-state index in [4.69, 9.17) is 0 Å². The van der Waals surface area contributed by atoms with Gasteiger partial charge in [-0.15, -0.1) is 0 Å². The Bertz CT molecular complexity index is 433. The number of aliphatic carboxylic acids is 1. The van der Waals surface area contributed by atoms with E-state index in [1.165, 1.54) is 0 Å². The van der Waals surface area contributed by atoms with Gasteiger partial charge in [-0.1, -0.05) is 24.3 Å². The molecule has 14 heavy (non-hydrogen) atoms. The number of para-hydroxylation sites is 1. The second-order valence-electron chi connectivity index (χ2n) is 2.96. The van der Waals surface area contributed by atoms with Crippen molar-refractivity contribution >= 4 is 17.7 Å². The molecule has 0 atom stereocenters. The van der Waals surface area contributed by atoms with Gasteiger partial charge in [-0.25, -0.2) is 0 Å². The van der Waals surface area contributed by atoms with Crippen LogP contribution in [0.2, 0.25) is 0 Å². The maximum Gasteiger partial charge on any atom is 0.0663 e. The van der Waals surface area contributed by atoms with Crippen LogP contribution in [-0.2, 0) is 4.79 Å². The number of nitrogens with one attached hydrogen (secondary N) is 1. The lowest BCUT2D eigenvalue weighted by molar-refractivity contribution is -0.297. The Morgan fingerprint density at radius 2 is 2.07 bits per heavy atom. The summed E-state index contributed by atoms with van der Waals surface area (Å²) in [5.41, 5.74) is 2.48. The fraction of sp³-hybridized carbons (Fsp3) is 0. The molecular weight excluding hydrogens is 178 g/mol. The molecule has 0 bridgehead atoms. The molecule has 3 heteroatoms. The van der Waals surface area contributed by atoms with Crippen molar-refractivity contribution in [2.24, 2.45) is 0 Å². The topological polar surface area (TPSA) is 52.2 Å². The van der Waals surface area contributed by atoms with Crippen molar-refractivity contribution in [1.29, 1.82) is 0 Å². The van der Waals surface area contributed by atoms with Gasteiger partial charge in [-0.3, -0.25) is 0 Å². The van der Waals surface area contributed by atoms with Gasteiger partial charge in [0.25, 0.3) is 0 Å². The van der Waals surface area contributed by atoms with Crippen molar-refractivity contribution in [1.82, 2.24) is 0 Å². The molecular formula is C11H8NO2-. The Hall–Kier alpha value is -2.03. The third kappa shape index (κ3) is 1.66. The summed E-state index contributed by atoms with van der Waals surface area (Å²) >= 11 is 0. The zero-order valence-corrected chi connectivity index (χ0v) is 7.36. The number of rotatable bonds is 1. The highest BCUT2D eigenvalue weighted by molar-refractivity contribution is 5.83. The predicted molar refractivity (Wildman–Crippen MR) is 52.2 cm³/mol. The Kier molecular flexibility index (Phi) is 2.07. The Balaban J connectivity index is 2.34. The van der Waals surface area contributed by atoms with Crippen molar-refractivity contribution < 1.29 is 9.90 Å². The van der Waals surface area contributed by atoms with E-state index in [0.717, 1.165) is 17.3 Å². The van der Waals surface area contributed by atoms with Crippen LogP contribution in [-0.4, -0.2) is 5.97 Å². The van der Waals surface area contributed by atoms with Crippen molar-refractivity contribution in [3.05, 3.63) is 47.7 Å². The zero-order valence-electron chi connectivity index (χ0n) is 7.36. The summed E-state index contributed by atoms with van der Waals surface area (Å²) in [6, 6.07) is 7.66. The Morgan fingerprint density at radius 1 is 1.29 bits per heavy atom. The SMILES string of the molecule is O=C([O-])/C=C1\C=Cc2ccccc2N1. The molecule has 1 aliphatic rings. The number of carboxylic acid groups (broad SMARTS) is 1. The van der Waals surface area contributed by atoms with E-state index in [2.05, 4.69) is 5.32 Å². The molecule has 70 valence electrons. The molecule has 0 radical (unpaired) electrons. The number of benzene rings is 1. The van der Waals surface area contributed by atoms with E-state index in [0.29, 0.717) is 5.70 Å². The van der Waals surface area contributed by atoms with Gasteiger partial charge in [-0.2, -0.15) is 0 Å². The van der Waals surface area contributed by atoms with E-state index in [9.17, 15) is 9.90 Å². The fourth-order valence-corrected chi connectivity index (χ4v) is 1.34. The molecule has 2 rings (SSSR count). The van der Waals surface area contributed by atoms with Gasteiger partial charge in [0.2, 0.25) is 0 Å². The van der Waals surface area contributed by atoms with E-state index in [1.807, 2.05) is 30.3 Å². The first-order valence-electron chi connectivity index (χ1n) is 4.22. The number of hydrogen-bond donors (Lipinski definition) is 1. The minimum atomic E-state index is -1.20. The van der Waals surface area contributed by atoms with Crippen LogP contribution in [0.4, 0.5) is 5.69 Å². The summed E-state index contributed by atoms with van der Waals surface area (Å²) in [4.78, 5) is 10.3. The molecule has 1 aromatic carbocycles. The number of anilines is 1. The van der Waals surface area contributed by atoms with E-state index in [1.54, 1.807) is 6.08 Å².